The van der Waals surface area contributed by atoms with Crippen molar-refractivity contribution in [3.63, 3.8) is 0 Å². The molecule has 15 heteroatoms. The number of carbonyl (C=O) groups excluding carboxylic acids is 2. The maximum Gasteiger partial charge on any atom is 0.387 e. The van der Waals surface area contributed by atoms with Gasteiger partial charge >= 0.3 is 12.6 Å². The second kappa shape index (κ2) is 15.4. The molecule has 2 heterocycles. The minimum Gasteiger partial charge on any atom is -0.487 e. The first-order valence-corrected chi connectivity index (χ1v) is 17.6. The smallest absolute Gasteiger partial charge is 0.387 e. The summed E-state index contributed by atoms with van der Waals surface area (Å²) in [6.07, 6.45) is 5.38. The Morgan fingerprint density at radius 3 is 2.38 bits per heavy atom. The summed E-state index contributed by atoms with van der Waals surface area (Å²) in [6, 6.07) is 8.72. The fourth-order valence-corrected chi connectivity index (χ4v) is 8.12. The minimum absolute atomic E-state index is 0.0436. The van der Waals surface area contributed by atoms with E-state index in [4.69, 9.17) is 37.4 Å². The van der Waals surface area contributed by atoms with E-state index >= 15 is 0 Å². The Labute approximate surface area is 287 Å². The number of sulfonamides is 1. The molecule has 5 rings (SSSR count). The van der Waals surface area contributed by atoms with Crippen LogP contribution in [0.15, 0.2) is 59.8 Å². The third-order valence-electron chi connectivity index (χ3n) is 8.32. The van der Waals surface area contributed by atoms with Crippen LogP contribution in [0.25, 0.3) is 0 Å². The predicted octanol–water partition coefficient (Wildman–Crippen LogP) is 6.69. The highest BCUT2D eigenvalue weighted by atomic mass is 35.5. The average molecular weight is 727 g/mol. The SMILES string of the molecule is CN(C)C(=O)c1cccc(S(=O)(=O)N2CCCC2C(=O)OC(Cc2c(Cl)cncc2Cl)c2ccc(OC(F)F)c(OC3CCCC3)c2)c1. The first-order valence-electron chi connectivity index (χ1n) is 15.4. The van der Waals surface area contributed by atoms with Crippen molar-refractivity contribution in [2.24, 2.45) is 0 Å². The van der Waals surface area contributed by atoms with Crippen LogP contribution in [0.3, 0.4) is 0 Å². The van der Waals surface area contributed by atoms with Crippen LogP contribution in [-0.4, -0.2) is 73.9 Å². The number of rotatable bonds is 12. The lowest BCUT2D eigenvalue weighted by Crippen LogP contribution is -2.42. The number of hydrogen-bond donors (Lipinski definition) is 0. The number of benzene rings is 2. The molecular weight excluding hydrogens is 691 g/mol. The zero-order valence-corrected chi connectivity index (χ0v) is 28.6. The van der Waals surface area contributed by atoms with Crippen LogP contribution in [-0.2, 0) is 26.0 Å². The lowest BCUT2D eigenvalue weighted by atomic mass is 10.0. The van der Waals surface area contributed by atoms with Crippen LogP contribution < -0.4 is 9.47 Å². The molecule has 0 N–H and O–H groups in total. The van der Waals surface area contributed by atoms with E-state index in [2.05, 4.69) is 4.98 Å². The van der Waals surface area contributed by atoms with Gasteiger partial charge in [-0.05, 0) is 80.0 Å². The van der Waals surface area contributed by atoms with E-state index in [1.54, 1.807) is 14.1 Å². The maximum atomic E-state index is 13.9. The number of carbonyl (C=O) groups is 2. The van der Waals surface area contributed by atoms with E-state index in [1.165, 1.54) is 59.8 Å². The van der Waals surface area contributed by atoms with Crippen molar-refractivity contribution in [1.82, 2.24) is 14.2 Å². The van der Waals surface area contributed by atoms with Crippen molar-refractivity contribution in [3.05, 3.63) is 81.6 Å². The summed E-state index contributed by atoms with van der Waals surface area (Å²) in [5.41, 5.74) is 0.959. The van der Waals surface area contributed by atoms with Gasteiger partial charge in [0.25, 0.3) is 5.91 Å². The number of nitrogens with zero attached hydrogens (tertiary/aromatic N) is 3. The lowest BCUT2D eigenvalue weighted by Gasteiger charge is -2.27. The van der Waals surface area contributed by atoms with Gasteiger partial charge in [-0.3, -0.25) is 14.6 Å². The highest BCUT2D eigenvalue weighted by Gasteiger charge is 2.41. The first kappa shape index (κ1) is 35.8. The fourth-order valence-electron chi connectivity index (χ4n) is 5.91. The highest BCUT2D eigenvalue weighted by molar-refractivity contribution is 7.89. The van der Waals surface area contributed by atoms with Crippen molar-refractivity contribution >= 4 is 45.1 Å². The summed E-state index contributed by atoms with van der Waals surface area (Å²) in [7, 11) is -1.11. The number of ether oxygens (including phenoxy) is 3. The zero-order chi connectivity index (χ0) is 34.6. The topological polar surface area (TPSA) is 115 Å². The molecule has 2 aliphatic rings. The Bertz CT molecular complexity index is 1740. The van der Waals surface area contributed by atoms with Crippen LogP contribution >= 0.6 is 23.2 Å². The molecule has 0 bridgehead atoms. The molecule has 1 aromatic heterocycles. The Balaban J connectivity index is 1.47. The molecule has 1 aliphatic heterocycles. The zero-order valence-electron chi connectivity index (χ0n) is 26.3. The number of pyridine rings is 1. The number of aromatic nitrogens is 1. The summed E-state index contributed by atoms with van der Waals surface area (Å²) in [4.78, 5) is 31.6. The van der Waals surface area contributed by atoms with E-state index in [1.807, 2.05) is 0 Å². The number of halogens is 4. The van der Waals surface area contributed by atoms with E-state index in [-0.39, 0.29) is 63.4 Å². The Morgan fingerprint density at radius 1 is 1.00 bits per heavy atom. The molecule has 2 atom stereocenters. The van der Waals surface area contributed by atoms with E-state index in [9.17, 15) is 26.8 Å². The summed E-state index contributed by atoms with van der Waals surface area (Å²) >= 11 is 12.9. The minimum atomic E-state index is -4.22. The normalized spacial score (nSPS) is 17.8. The van der Waals surface area contributed by atoms with Crippen molar-refractivity contribution in [3.8, 4) is 11.5 Å². The number of esters is 1. The monoisotopic (exact) mass is 725 g/mol. The van der Waals surface area contributed by atoms with Gasteiger partial charge in [0.2, 0.25) is 10.0 Å². The van der Waals surface area contributed by atoms with E-state index < -0.39 is 34.7 Å². The van der Waals surface area contributed by atoms with Gasteiger partial charge in [-0.2, -0.15) is 13.1 Å². The quantitative estimate of drug-likeness (QED) is 0.190. The molecule has 2 unspecified atom stereocenters. The number of hydrogen-bond acceptors (Lipinski definition) is 8. The van der Waals surface area contributed by atoms with Gasteiger partial charge in [0, 0.05) is 45.0 Å². The molecule has 3 aromatic rings. The number of alkyl halides is 2. The van der Waals surface area contributed by atoms with Crippen molar-refractivity contribution in [1.29, 1.82) is 0 Å². The summed E-state index contributed by atoms with van der Waals surface area (Å²) in [6.45, 7) is -3.04. The Morgan fingerprint density at radius 2 is 1.71 bits per heavy atom. The molecule has 2 aromatic carbocycles. The molecular formula is C33H35Cl2F2N3O7S. The molecule has 2 fully saturated rings. The van der Waals surface area contributed by atoms with Gasteiger partial charge in [0.15, 0.2) is 11.5 Å². The van der Waals surface area contributed by atoms with Gasteiger partial charge in [-0.25, -0.2) is 8.42 Å². The number of amides is 1. The van der Waals surface area contributed by atoms with Gasteiger partial charge in [0.05, 0.1) is 21.0 Å². The van der Waals surface area contributed by atoms with Crippen LogP contribution in [0.1, 0.15) is 66.1 Å². The Hall–Kier alpha value is -3.52. The van der Waals surface area contributed by atoms with Crippen molar-refractivity contribution < 1.29 is 41.0 Å². The second-order valence-electron chi connectivity index (χ2n) is 11.8. The predicted molar refractivity (Wildman–Crippen MR) is 174 cm³/mol. The first-order chi connectivity index (χ1) is 22.8. The summed E-state index contributed by atoms with van der Waals surface area (Å²) < 4.78 is 72.2. The molecule has 1 amide bonds. The largest absolute Gasteiger partial charge is 0.487 e. The molecule has 1 aliphatic carbocycles. The van der Waals surface area contributed by atoms with E-state index in [0.717, 1.165) is 30.0 Å². The molecule has 48 heavy (non-hydrogen) atoms. The fraction of sp³-hybridized carbons (Fsp3) is 0.424. The van der Waals surface area contributed by atoms with Gasteiger partial charge in [-0.1, -0.05) is 35.3 Å². The third kappa shape index (κ3) is 8.19. The van der Waals surface area contributed by atoms with Gasteiger partial charge in [-0.15, -0.1) is 0 Å². The summed E-state index contributed by atoms with van der Waals surface area (Å²) in [5, 5.41) is 0.418. The highest BCUT2D eigenvalue weighted by Crippen LogP contribution is 2.39. The molecule has 0 spiro atoms. The molecule has 1 saturated carbocycles. The van der Waals surface area contributed by atoms with Gasteiger partial charge in [0.1, 0.15) is 12.1 Å². The summed E-state index contributed by atoms with van der Waals surface area (Å²) in [5.74, 6) is -1.31. The molecule has 258 valence electrons. The van der Waals surface area contributed by atoms with Crippen LogP contribution in [0.2, 0.25) is 10.0 Å². The molecule has 0 radical (unpaired) electrons. The van der Waals surface area contributed by atoms with Crippen LogP contribution in [0.4, 0.5) is 8.78 Å². The van der Waals surface area contributed by atoms with Gasteiger partial charge < -0.3 is 19.1 Å². The average Bonchev–Trinajstić information content (AvgIpc) is 3.76. The second-order valence-corrected chi connectivity index (χ2v) is 14.5. The van der Waals surface area contributed by atoms with Crippen molar-refractivity contribution in [2.75, 3.05) is 20.6 Å². The maximum absolute atomic E-state index is 13.9. The van der Waals surface area contributed by atoms with Crippen LogP contribution in [0.5, 0.6) is 11.5 Å². The third-order valence-corrected chi connectivity index (χ3v) is 10.9. The molecule has 1 saturated heterocycles. The standard InChI is InChI=1S/C33H35Cl2F2N3O7S/c1-39(2)31(41)21-7-5-10-23(15-21)48(43,44)40-14-6-11-27(40)32(42)46-29(17-24-25(34)18-38-19-26(24)35)20-12-13-28(47-33(36)37)30(16-20)45-22-8-3-4-9-22/h5,7,10,12-13,15-16,18-19,22,27,29,33H,3-4,6,8-9,11,14,17H2,1-2H3. The molecule has 10 nitrogen and oxygen atoms in total. The van der Waals surface area contributed by atoms with Crippen molar-refractivity contribution in [2.45, 2.75) is 74.7 Å². The lowest BCUT2D eigenvalue weighted by molar-refractivity contribution is -0.153. The van der Waals surface area contributed by atoms with E-state index in [0.29, 0.717) is 17.5 Å². The Kier molecular flexibility index (Phi) is 11.4. The van der Waals surface area contributed by atoms with Crippen LogP contribution in [0, 0.1) is 0 Å².